The van der Waals surface area contributed by atoms with Gasteiger partial charge in [0.15, 0.2) is 0 Å². The van der Waals surface area contributed by atoms with Gasteiger partial charge in [-0.3, -0.25) is 0 Å². The number of hydrogen-bond acceptors (Lipinski definition) is 1. The Morgan fingerprint density at radius 3 is 2.33 bits per heavy atom. The highest BCUT2D eigenvalue weighted by Gasteiger charge is 2.04. The lowest BCUT2D eigenvalue weighted by Crippen LogP contribution is -2.19. The molecule has 0 heterocycles. The lowest BCUT2D eigenvalue weighted by molar-refractivity contribution is 0.495. The Labute approximate surface area is 101 Å². The molecule has 1 nitrogen and oxygen atoms in total. The average molecular weight is 227 g/mol. The highest BCUT2D eigenvalue weighted by Crippen LogP contribution is 2.14. The van der Waals surface area contributed by atoms with Crippen LogP contribution in [0.15, 0.2) is 11.6 Å². The molecule has 0 saturated carbocycles. The fraction of sp³-hybridized carbons (Fsp3) is 0.769. The number of thiocarbonyl (C=S) groups is 1. The molecule has 0 bridgehead atoms. The van der Waals surface area contributed by atoms with Gasteiger partial charge in [0.1, 0.15) is 0 Å². The smallest absolute Gasteiger partial charge is 0.0774 e. The molecule has 0 radical (unpaired) electrons. The van der Waals surface area contributed by atoms with Crippen molar-refractivity contribution >= 4 is 17.2 Å². The summed E-state index contributed by atoms with van der Waals surface area (Å²) in [5.41, 5.74) is 1.42. The first-order chi connectivity index (χ1) is 6.93. The zero-order valence-electron chi connectivity index (χ0n) is 10.8. The normalized spacial score (nSPS) is 12.1. The summed E-state index contributed by atoms with van der Waals surface area (Å²) >= 11 is 5.26. The molecule has 0 aromatic heterocycles. The minimum absolute atomic E-state index is 0.776. The molecule has 0 aromatic carbocycles. The maximum absolute atomic E-state index is 5.26. The lowest BCUT2D eigenvalue weighted by atomic mass is 9.99. The number of allylic oxidation sites excluding steroid dienone is 2. The molecule has 88 valence electrons. The fourth-order valence-corrected chi connectivity index (χ4v) is 1.51. The van der Waals surface area contributed by atoms with E-state index in [9.17, 15) is 0 Å². The maximum Gasteiger partial charge on any atom is 0.0774 e. The van der Waals surface area contributed by atoms with Crippen LogP contribution in [0.2, 0.25) is 0 Å². The molecule has 15 heavy (non-hydrogen) atoms. The van der Waals surface area contributed by atoms with E-state index in [-0.39, 0.29) is 0 Å². The molecule has 0 aliphatic carbocycles. The van der Waals surface area contributed by atoms with Crippen molar-refractivity contribution in [2.75, 3.05) is 14.1 Å². The lowest BCUT2D eigenvalue weighted by Gasteiger charge is -2.16. The molecule has 0 fully saturated rings. The zero-order valence-corrected chi connectivity index (χ0v) is 11.7. The summed E-state index contributed by atoms with van der Waals surface area (Å²) in [5, 5.41) is 0. The molecule has 1 atom stereocenters. The van der Waals surface area contributed by atoms with Crippen LogP contribution in [0.25, 0.3) is 0 Å². The largest absolute Gasteiger partial charge is 0.372 e. The van der Waals surface area contributed by atoms with Crippen molar-refractivity contribution in [1.82, 2.24) is 4.90 Å². The van der Waals surface area contributed by atoms with Gasteiger partial charge in [-0.2, -0.15) is 0 Å². The second-order valence-corrected chi connectivity index (χ2v) is 5.26. The monoisotopic (exact) mass is 227 g/mol. The Kier molecular flexibility index (Phi) is 7.67. The highest BCUT2D eigenvalue weighted by atomic mass is 32.1. The van der Waals surface area contributed by atoms with Crippen LogP contribution < -0.4 is 0 Å². The van der Waals surface area contributed by atoms with E-state index >= 15 is 0 Å². The van der Waals surface area contributed by atoms with Crippen LogP contribution in [-0.2, 0) is 0 Å². The molecule has 0 N–H and O–H groups in total. The van der Waals surface area contributed by atoms with E-state index in [0.29, 0.717) is 0 Å². The van der Waals surface area contributed by atoms with Gasteiger partial charge in [0, 0.05) is 14.1 Å². The van der Waals surface area contributed by atoms with Crippen LogP contribution >= 0.6 is 12.2 Å². The molecule has 0 aromatic rings. The van der Waals surface area contributed by atoms with E-state index in [0.717, 1.165) is 17.3 Å². The van der Waals surface area contributed by atoms with Crippen molar-refractivity contribution in [2.45, 2.75) is 46.5 Å². The van der Waals surface area contributed by atoms with E-state index in [4.69, 9.17) is 12.2 Å². The van der Waals surface area contributed by atoms with Gasteiger partial charge in [-0.05, 0) is 45.4 Å². The molecule has 0 amide bonds. The quantitative estimate of drug-likeness (QED) is 0.498. The minimum atomic E-state index is 0.776. The van der Waals surface area contributed by atoms with Crippen molar-refractivity contribution in [3.8, 4) is 0 Å². The van der Waals surface area contributed by atoms with Crippen LogP contribution in [0.4, 0.5) is 0 Å². The van der Waals surface area contributed by atoms with Gasteiger partial charge in [-0.15, -0.1) is 0 Å². The first-order valence-corrected chi connectivity index (χ1v) is 6.17. The van der Waals surface area contributed by atoms with Gasteiger partial charge < -0.3 is 4.90 Å². The summed E-state index contributed by atoms with van der Waals surface area (Å²) < 4.78 is 0. The highest BCUT2D eigenvalue weighted by molar-refractivity contribution is 7.80. The molecule has 0 aliphatic heterocycles. The third-order valence-electron chi connectivity index (χ3n) is 2.56. The first-order valence-electron chi connectivity index (χ1n) is 5.77. The van der Waals surface area contributed by atoms with E-state index in [1.165, 1.54) is 24.8 Å². The van der Waals surface area contributed by atoms with Crippen LogP contribution in [-0.4, -0.2) is 24.0 Å². The summed E-state index contributed by atoms with van der Waals surface area (Å²) in [6.45, 7) is 6.63. The minimum Gasteiger partial charge on any atom is -0.372 e. The Morgan fingerprint density at radius 1 is 1.27 bits per heavy atom. The van der Waals surface area contributed by atoms with Crippen molar-refractivity contribution in [3.63, 3.8) is 0 Å². The third kappa shape index (κ3) is 8.61. The van der Waals surface area contributed by atoms with E-state index in [2.05, 4.69) is 26.8 Å². The van der Waals surface area contributed by atoms with Crippen molar-refractivity contribution in [3.05, 3.63) is 11.6 Å². The Balaban J connectivity index is 3.62. The molecule has 2 heteroatoms. The van der Waals surface area contributed by atoms with Crippen LogP contribution in [0.3, 0.4) is 0 Å². The van der Waals surface area contributed by atoms with E-state index in [1.54, 1.807) is 0 Å². The van der Waals surface area contributed by atoms with Crippen LogP contribution in [0.1, 0.15) is 46.5 Å². The number of nitrogens with zero attached hydrogens (tertiary/aromatic N) is 1. The van der Waals surface area contributed by atoms with Crippen molar-refractivity contribution in [2.24, 2.45) is 5.92 Å². The van der Waals surface area contributed by atoms with Gasteiger partial charge in [0.25, 0.3) is 0 Å². The summed E-state index contributed by atoms with van der Waals surface area (Å²) in [7, 11) is 4.05. The molecule has 0 rings (SSSR count). The van der Waals surface area contributed by atoms with Gasteiger partial charge in [-0.1, -0.05) is 30.8 Å². The molecule has 0 spiro atoms. The Morgan fingerprint density at radius 2 is 1.87 bits per heavy atom. The standard InChI is InChI=1S/C13H25NS/c1-11(2)7-6-8-12(3)9-10-13(15)14(4)5/h7,12H,6,8-10H2,1-5H3. The van der Waals surface area contributed by atoms with E-state index < -0.39 is 0 Å². The second kappa shape index (κ2) is 7.86. The molecule has 0 saturated heterocycles. The van der Waals surface area contributed by atoms with Crippen molar-refractivity contribution < 1.29 is 0 Å². The summed E-state index contributed by atoms with van der Waals surface area (Å²) in [5.74, 6) is 0.776. The molecular weight excluding hydrogens is 202 g/mol. The van der Waals surface area contributed by atoms with Gasteiger partial charge in [-0.25, -0.2) is 0 Å². The third-order valence-corrected chi connectivity index (χ3v) is 3.13. The number of rotatable bonds is 6. The Hall–Kier alpha value is -0.370. The summed E-state index contributed by atoms with van der Waals surface area (Å²) in [4.78, 5) is 3.11. The van der Waals surface area contributed by atoms with Crippen LogP contribution in [0.5, 0.6) is 0 Å². The number of hydrogen-bond donors (Lipinski definition) is 0. The van der Waals surface area contributed by atoms with Crippen LogP contribution in [0, 0.1) is 5.92 Å². The van der Waals surface area contributed by atoms with Crippen molar-refractivity contribution in [1.29, 1.82) is 0 Å². The zero-order chi connectivity index (χ0) is 11.8. The molecule has 0 aliphatic rings. The van der Waals surface area contributed by atoms with E-state index in [1.807, 2.05) is 19.0 Å². The van der Waals surface area contributed by atoms with Gasteiger partial charge in [0.05, 0.1) is 4.99 Å². The molecule has 1 unspecified atom stereocenters. The fourth-order valence-electron chi connectivity index (χ4n) is 1.39. The summed E-state index contributed by atoms with van der Waals surface area (Å²) in [6.07, 6.45) is 7.08. The average Bonchev–Trinajstić information content (AvgIpc) is 2.13. The topological polar surface area (TPSA) is 3.24 Å². The van der Waals surface area contributed by atoms with Gasteiger partial charge in [0.2, 0.25) is 0 Å². The predicted molar refractivity (Wildman–Crippen MR) is 73.3 cm³/mol. The SMILES string of the molecule is CC(C)=CCCC(C)CCC(=S)N(C)C. The maximum atomic E-state index is 5.26. The summed E-state index contributed by atoms with van der Waals surface area (Å²) in [6, 6.07) is 0. The first kappa shape index (κ1) is 14.6. The predicted octanol–water partition coefficient (Wildman–Crippen LogP) is 4.04. The Bertz CT molecular complexity index is 215. The second-order valence-electron chi connectivity index (χ2n) is 4.79. The van der Waals surface area contributed by atoms with Gasteiger partial charge >= 0.3 is 0 Å². The molecular formula is C13H25NS.